The first-order chi connectivity index (χ1) is 6.40. The summed E-state index contributed by atoms with van der Waals surface area (Å²) >= 11 is 0. The van der Waals surface area contributed by atoms with Gasteiger partial charge in [0, 0.05) is 26.2 Å². The minimum absolute atomic E-state index is 0.395. The van der Waals surface area contributed by atoms with Gasteiger partial charge in [-0.15, -0.1) is 0 Å². The van der Waals surface area contributed by atoms with Gasteiger partial charge < -0.3 is 5.11 Å². The summed E-state index contributed by atoms with van der Waals surface area (Å²) in [4.78, 5) is 2.47. The highest BCUT2D eigenvalue weighted by molar-refractivity contribution is 4.96. The van der Waals surface area contributed by atoms with Crippen molar-refractivity contribution < 1.29 is 5.11 Å². The zero-order chi connectivity index (χ0) is 9.10. The highest BCUT2D eigenvalue weighted by atomic mass is 16.3. The van der Waals surface area contributed by atoms with Crippen molar-refractivity contribution in [2.45, 2.75) is 19.3 Å². The highest BCUT2D eigenvalue weighted by Crippen LogP contribution is 2.32. The van der Waals surface area contributed by atoms with Gasteiger partial charge in [0.2, 0.25) is 0 Å². The molecule has 0 bridgehead atoms. The summed E-state index contributed by atoms with van der Waals surface area (Å²) in [5, 5.41) is 9.18. The second-order valence-electron chi connectivity index (χ2n) is 4.32. The van der Waals surface area contributed by atoms with E-state index in [-0.39, 0.29) is 0 Å². The Bertz CT molecular complexity index is 183. The van der Waals surface area contributed by atoms with E-state index in [1.807, 2.05) is 0 Å². The van der Waals surface area contributed by atoms with Crippen molar-refractivity contribution in [3.63, 3.8) is 0 Å². The fourth-order valence-corrected chi connectivity index (χ4v) is 2.60. The maximum Gasteiger partial charge on any atom is 0.0462 e. The Hall–Kier alpha value is -0.340. The van der Waals surface area contributed by atoms with Crippen molar-refractivity contribution in [3.05, 3.63) is 12.2 Å². The highest BCUT2D eigenvalue weighted by Gasteiger charge is 2.28. The molecule has 1 saturated carbocycles. The Morgan fingerprint density at radius 3 is 2.54 bits per heavy atom. The molecule has 0 aromatic heterocycles. The molecule has 0 amide bonds. The topological polar surface area (TPSA) is 23.5 Å². The van der Waals surface area contributed by atoms with Gasteiger partial charge in [-0.1, -0.05) is 18.6 Å². The molecule has 0 aromatic carbocycles. The summed E-state index contributed by atoms with van der Waals surface area (Å²) in [6.07, 6.45) is 8.35. The van der Waals surface area contributed by atoms with Gasteiger partial charge in [-0.05, 0) is 24.7 Å². The monoisotopic (exact) mass is 181 g/mol. The van der Waals surface area contributed by atoms with Crippen LogP contribution in [0.5, 0.6) is 0 Å². The number of hydrogen-bond donors (Lipinski definition) is 1. The van der Waals surface area contributed by atoms with Crippen LogP contribution in [0.4, 0.5) is 0 Å². The van der Waals surface area contributed by atoms with Gasteiger partial charge in [-0.3, -0.25) is 4.90 Å². The van der Waals surface area contributed by atoms with Gasteiger partial charge in [-0.2, -0.15) is 0 Å². The molecule has 1 heterocycles. The van der Waals surface area contributed by atoms with E-state index in [4.69, 9.17) is 0 Å². The maximum absolute atomic E-state index is 9.18. The number of nitrogens with zero attached hydrogens (tertiary/aromatic N) is 1. The molecule has 1 aliphatic carbocycles. The summed E-state index contributed by atoms with van der Waals surface area (Å²) < 4.78 is 0. The van der Waals surface area contributed by atoms with E-state index < -0.39 is 0 Å². The minimum Gasteiger partial charge on any atom is -0.396 e. The van der Waals surface area contributed by atoms with Crippen LogP contribution >= 0.6 is 0 Å². The third kappa shape index (κ3) is 2.12. The molecular weight excluding hydrogens is 162 g/mol. The van der Waals surface area contributed by atoms with Crippen LogP contribution in [-0.2, 0) is 0 Å². The third-order valence-corrected chi connectivity index (χ3v) is 3.44. The molecule has 2 unspecified atom stereocenters. The Morgan fingerprint density at radius 2 is 1.85 bits per heavy atom. The molecule has 1 fully saturated rings. The predicted octanol–water partition coefficient (Wildman–Crippen LogP) is 1.27. The Labute approximate surface area is 80.2 Å². The normalized spacial score (nSPS) is 34.5. The molecular formula is C11H19NO. The number of aliphatic hydroxyl groups excluding tert-OH is 1. The quantitative estimate of drug-likeness (QED) is 0.663. The molecule has 0 radical (unpaired) electrons. The third-order valence-electron chi connectivity index (χ3n) is 3.44. The van der Waals surface area contributed by atoms with Crippen LogP contribution in [0.3, 0.4) is 0 Å². The molecule has 1 N–H and O–H groups in total. The van der Waals surface area contributed by atoms with Crippen LogP contribution < -0.4 is 0 Å². The van der Waals surface area contributed by atoms with E-state index in [9.17, 15) is 5.11 Å². The molecule has 1 aliphatic heterocycles. The van der Waals surface area contributed by atoms with E-state index in [0.29, 0.717) is 12.5 Å². The summed E-state index contributed by atoms with van der Waals surface area (Å²) in [6, 6.07) is 0. The molecule has 0 saturated heterocycles. The SMILES string of the molecule is OCC1CCCC1CN1CC=CC1. The molecule has 13 heavy (non-hydrogen) atoms. The second-order valence-corrected chi connectivity index (χ2v) is 4.32. The fourth-order valence-electron chi connectivity index (χ4n) is 2.60. The van der Waals surface area contributed by atoms with Crippen LogP contribution in [0.15, 0.2) is 12.2 Å². The molecule has 2 rings (SSSR count). The van der Waals surface area contributed by atoms with E-state index in [1.54, 1.807) is 0 Å². The number of hydrogen-bond acceptors (Lipinski definition) is 2. The molecule has 2 heteroatoms. The van der Waals surface area contributed by atoms with Gasteiger partial charge in [0.25, 0.3) is 0 Å². The van der Waals surface area contributed by atoms with Crippen molar-refractivity contribution in [1.29, 1.82) is 0 Å². The first-order valence-corrected chi connectivity index (χ1v) is 5.38. The van der Waals surface area contributed by atoms with E-state index in [0.717, 1.165) is 19.0 Å². The van der Waals surface area contributed by atoms with E-state index >= 15 is 0 Å². The zero-order valence-electron chi connectivity index (χ0n) is 8.15. The van der Waals surface area contributed by atoms with Crippen LogP contribution in [0.1, 0.15) is 19.3 Å². The molecule has 2 aliphatic rings. The lowest BCUT2D eigenvalue weighted by Crippen LogP contribution is -2.30. The number of aliphatic hydroxyl groups is 1. The zero-order valence-corrected chi connectivity index (χ0v) is 8.15. The lowest BCUT2D eigenvalue weighted by atomic mass is 9.96. The van der Waals surface area contributed by atoms with Gasteiger partial charge in [0.1, 0.15) is 0 Å². The fraction of sp³-hybridized carbons (Fsp3) is 0.818. The van der Waals surface area contributed by atoms with Gasteiger partial charge in [-0.25, -0.2) is 0 Å². The van der Waals surface area contributed by atoms with Crippen molar-refractivity contribution in [3.8, 4) is 0 Å². The largest absolute Gasteiger partial charge is 0.396 e. The van der Waals surface area contributed by atoms with Crippen LogP contribution in [-0.4, -0.2) is 36.2 Å². The molecule has 74 valence electrons. The average molecular weight is 181 g/mol. The Balaban J connectivity index is 1.79. The lowest BCUT2D eigenvalue weighted by molar-refractivity contribution is 0.166. The second kappa shape index (κ2) is 4.25. The molecule has 0 aromatic rings. The summed E-state index contributed by atoms with van der Waals surface area (Å²) in [7, 11) is 0. The summed E-state index contributed by atoms with van der Waals surface area (Å²) in [5.41, 5.74) is 0. The Morgan fingerprint density at radius 1 is 1.15 bits per heavy atom. The smallest absolute Gasteiger partial charge is 0.0462 e. The number of rotatable bonds is 3. The van der Waals surface area contributed by atoms with Crippen molar-refractivity contribution in [2.75, 3.05) is 26.2 Å². The van der Waals surface area contributed by atoms with Gasteiger partial charge in [0.15, 0.2) is 0 Å². The lowest BCUT2D eigenvalue weighted by Gasteiger charge is -2.23. The van der Waals surface area contributed by atoms with E-state index in [1.165, 1.54) is 25.8 Å². The van der Waals surface area contributed by atoms with Crippen molar-refractivity contribution >= 4 is 0 Å². The first kappa shape index (κ1) is 9.22. The summed E-state index contributed by atoms with van der Waals surface area (Å²) in [6.45, 7) is 3.83. The standard InChI is InChI=1S/C11H19NO/c13-9-11-5-3-4-10(11)8-12-6-1-2-7-12/h1-2,10-11,13H,3-9H2. The van der Waals surface area contributed by atoms with Crippen LogP contribution in [0, 0.1) is 11.8 Å². The van der Waals surface area contributed by atoms with Crippen molar-refractivity contribution in [1.82, 2.24) is 4.90 Å². The maximum atomic E-state index is 9.18. The average Bonchev–Trinajstić information content (AvgIpc) is 2.76. The molecule has 2 atom stereocenters. The molecule has 0 spiro atoms. The van der Waals surface area contributed by atoms with Gasteiger partial charge >= 0.3 is 0 Å². The first-order valence-electron chi connectivity index (χ1n) is 5.38. The van der Waals surface area contributed by atoms with E-state index in [2.05, 4.69) is 17.1 Å². The molecule has 2 nitrogen and oxygen atoms in total. The van der Waals surface area contributed by atoms with Crippen LogP contribution in [0.2, 0.25) is 0 Å². The van der Waals surface area contributed by atoms with Gasteiger partial charge in [0.05, 0.1) is 0 Å². The minimum atomic E-state index is 0.395. The van der Waals surface area contributed by atoms with Crippen LogP contribution in [0.25, 0.3) is 0 Å². The Kier molecular flexibility index (Phi) is 3.01. The predicted molar refractivity (Wildman–Crippen MR) is 53.5 cm³/mol. The van der Waals surface area contributed by atoms with Crippen molar-refractivity contribution in [2.24, 2.45) is 11.8 Å². The summed E-state index contributed by atoms with van der Waals surface area (Å²) in [5.74, 6) is 1.34.